The number of hydrogen-bond acceptors (Lipinski definition) is 6. The molecule has 102 valence electrons. The van der Waals surface area contributed by atoms with Gasteiger partial charge < -0.3 is 23.9 Å². The van der Waals surface area contributed by atoms with Crippen molar-refractivity contribution >= 4 is 15.0 Å². The van der Waals surface area contributed by atoms with E-state index in [1.54, 1.807) is 6.92 Å². The highest BCUT2D eigenvalue weighted by molar-refractivity contribution is 6.55. The third kappa shape index (κ3) is 5.94. The summed E-state index contributed by atoms with van der Waals surface area (Å²) < 4.78 is 20.1. The van der Waals surface area contributed by atoms with Crippen molar-refractivity contribution in [1.29, 1.82) is 0 Å². The average Bonchev–Trinajstić information content (AvgIpc) is 2.32. The first kappa shape index (κ1) is 18.6. The Balaban J connectivity index is 0. The van der Waals surface area contributed by atoms with Crippen LogP contribution in [0.4, 0.5) is 0 Å². The van der Waals surface area contributed by atoms with Gasteiger partial charge in [0.25, 0.3) is 0 Å². The first-order valence-corrected chi connectivity index (χ1v) is 6.74. The lowest BCUT2D eigenvalue weighted by Gasteiger charge is -2.22. The van der Waals surface area contributed by atoms with E-state index in [4.69, 9.17) is 17.7 Å². The van der Waals surface area contributed by atoms with Crippen molar-refractivity contribution in [2.24, 2.45) is 0 Å². The molecule has 0 spiro atoms. The van der Waals surface area contributed by atoms with Crippen molar-refractivity contribution in [2.75, 3.05) is 21.3 Å². The fourth-order valence-electron chi connectivity index (χ4n) is 1.01. The molecular formula is C10H23NO5Si. The molecule has 17 heavy (non-hydrogen) atoms. The predicted octanol–water partition coefficient (Wildman–Crippen LogP) is 1.81. The van der Waals surface area contributed by atoms with Crippen molar-refractivity contribution in [3.8, 4) is 0 Å². The molecule has 6 nitrogen and oxygen atoms in total. The van der Waals surface area contributed by atoms with Crippen molar-refractivity contribution in [3.63, 3.8) is 0 Å². The summed E-state index contributed by atoms with van der Waals surface area (Å²) in [6.07, 6.45) is 3.64. The van der Waals surface area contributed by atoms with Gasteiger partial charge in [0, 0.05) is 26.9 Å². The summed E-state index contributed by atoms with van der Waals surface area (Å²) in [5.41, 5.74) is 0.532. The minimum absolute atomic E-state index is 0. The molecule has 0 fully saturated rings. The molecule has 0 saturated heterocycles. The third-order valence-corrected chi connectivity index (χ3v) is 3.96. The van der Waals surface area contributed by atoms with Crippen LogP contribution in [0.25, 0.3) is 0 Å². The number of carbonyl (C=O) groups is 1. The maximum absolute atomic E-state index is 11.6. The fraction of sp³-hybridized carbons (Fsp3) is 0.700. The van der Waals surface area contributed by atoms with E-state index < -0.39 is 15.0 Å². The maximum Gasteiger partial charge on any atom is 0.751 e. The van der Waals surface area contributed by atoms with Gasteiger partial charge in [0.1, 0.15) is 0 Å². The van der Waals surface area contributed by atoms with Crippen LogP contribution in [0.3, 0.4) is 0 Å². The zero-order valence-electron chi connectivity index (χ0n) is 11.2. The lowest BCUT2D eigenvalue weighted by atomic mass is 10.2. The van der Waals surface area contributed by atoms with Crippen LogP contribution in [-0.2, 0) is 22.5 Å². The normalized spacial score (nSPS) is 11.9. The van der Waals surface area contributed by atoms with E-state index in [9.17, 15) is 4.79 Å². The van der Waals surface area contributed by atoms with Crippen molar-refractivity contribution < 1.29 is 22.5 Å². The Labute approximate surface area is 104 Å². The minimum Gasteiger partial charge on any atom is -0.448 e. The molecule has 0 bridgehead atoms. The van der Waals surface area contributed by atoms with Crippen LogP contribution in [0.15, 0.2) is 11.6 Å². The van der Waals surface area contributed by atoms with Crippen LogP contribution >= 0.6 is 0 Å². The van der Waals surface area contributed by atoms with Crippen molar-refractivity contribution in [1.82, 2.24) is 6.15 Å². The number of unbranched alkanes of at least 4 members (excludes halogenated alkanes) is 1. The Morgan fingerprint density at radius 1 is 1.18 bits per heavy atom. The monoisotopic (exact) mass is 265 g/mol. The SMILES string of the molecule is CCCC=C(C)C(=O)O[Si](OC)(OC)OC.N. The van der Waals surface area contributed by atoms with Crippen molar-refractivity contribution in [2.45, 2.75) is 26.7 Å². The highest BCUT2D eigenvalue weighted by Gasteiger charge is 2.47. The summed E-state index contributed by atoms with van der Waals surface area (Å²) in [5, 5.41) is 0. The van der Waals surface area contributed by atoms with Gasteiger partial charge in [-0.1, -0.05) is 19.4 Å². The molecule has 0 radical (unpaired) electrons. The molecule has 7 heteroatoms. The second-order valence-corrected chi connectivity index (χ2v) is 5.61. The number of carbonyl (C=O) groups excluding carboxylic acids is 1. The second kappa shape index (κ2) is 9.31. The number of hydrogen-bond donors (Lipinski definition) is 1. The van der Waals surface area contributed by atoms with Gasteiger partial charge in [-0.2, -0.15) is 0 Å². The van der Waals surface area contributed by atoms with Crippen LogP contribution in [0.2, 0.25) is 0 Å². The topological polar surface area (TPSA) is 89.0 Å². The molecule has 3 N–H and O–H groups in total. The molecule has 0 aromatic rings. The molecule has 0 aromatic heterocycles. The van der Waals surface area contributed by atoms with Gasteiger partial charge in [-0.3, -0.25) is 0 Å². The molecule has 0 aliphatic carbocycles. The predicted molar refractivity (Wildman–Crippen MR) is 66.6 cm³/mol. The van der Waals surface area contributed by atoms with E-state index in [0.717, 1.165) is 12.8 Å². The molecule has 0 aliphatic heterocycles. The van der Waals surface area contributed by atoms with E-state index in [1.807, 2.05) is 13.0 Å². The Morgan fingerprint density at radius 3 is 2.00 bits per heavy atom. The van der Waals surface area contributed by atoms with Crippen LogP contribution in [-0.4, -0.2) is 36.3 Å². The summed E-state index contributed by atoms with van der Waals surface area (Å²) in [7, 11) is 0.887. The van der Waals surface area contributed by atoms with Crippen LogP contribution in [0, 0.1) is 0 Å². The molecule has 0 amide bonds. The Kier molecular flexibility index (Phi) is 10.2. The smallest absolute Gasteiger partial charge is 0.448 e. The van der Waals surface area contributed by atoms with Gasteiger partial charge in [-0.15, -0.1) is 0 Å². The molecular weight excluding hydrogens is 242 g/mol. The van der Waals surface area contributed by atoms with Crippen LogP contribution in [0.1, 0.15) is 26.7 Å². The van der Waals surface area contributed by atoms with Gasteiger partial charge in [0.05, 0.1) is 0 Å². The minimum atomic E-state index is -3.27. The van der Waals surface area contributed by atoms with Gasteiger partial charge in [-0.05, 0) is 13.3 Å². The van der Waals surface area contributed by atoms with E-state index in [0.29, 0.717) is 5.57 Å². The quantitative estimate of drug-likeness (QED) is 0.558. The third-order valence-electron chi connectivity index (χ3n) is 2.03. The highest BCUT2D eigenvalue weighted by atomic mass is 28.4. The first-order chi connectivity index (χ1) is 7.55. The Bertz CT molecular complexity index is 245. The molecule has 0 aromatic carbocycles. The zero-order valence-corrected chi connectivity index (χ0v) is 12.2. The van der Waals surface area contributed by atoms with E-state index in [2.05, 4.69) is 0 Å². The fourth-order valence-corrected chi connectivity index (χ4v) is 2.15. The average molecular weight is 265 g/mol. The van der Waals surface area contributed by atoms with E-state index >= 15 is 0 Å². The molecule has 0 heterocycles. The van der Waals surface area contributed by atoms with Gasteiger partial charge >= 0.3 is 15.0 Å². The Hall–Kier alpha value is -0.733. The first-order valence-electron chi connectivity index (χ1n) is 5.10. The van der Waals surface area contributed by atoms with E-state index in [-0.39, 0.29) is 6.15 Å². The number of rotatable bonds is 7. The molecule has 0 saturated carbocycles. The Morgan fingerprint density at radius 2 is 1.65 bits per heavy atom. The molecule has 0 atom stereocenters. The zero-order chi connectivity index (χ0) is 12.6. The lowest BCUT2D eigenvalue weighted by Crippen LogP contribution is -2.48. The lowest BCUT2D eigenvalue weighted by molar-refractivity contribution is -0.138. The maximum atomic E-state index is 11.6. The molecule has 0 unspecified atom stereocenters. The summed E-state index contributed by atoms with van der Waals surface area (Å²) in [4.78, 5) is 11.6. The van der Waals surface area contributed by atoms with Crippen LogP contribution in [0.5, 0.6) is 0 Å². The second-order valence-electron chi connectivity index (χ2n) is 3.18. The standard InChI is InChI=1S/C10H20O5Si.H3N/c1-6-7-8-9(2)10(11)15-16(12-3,13-4)14-5;/h8H,6-7H2,1-5H3;1H3. The van der Waals surface area contributed by atoms with Gasteiger partial charge in [0.15, 0.2) is 0 Å². The summed E-state index contributed by atoms with van der Waals surface area (Å²) >= 11 is 0. The van der Waals surface area contributed by atoms with Crippen LogP contribution < -0.4 is 6.15 Å². The molecule has 0 aliphatic rings. The summed E-state index contributed by atoms with van der Waals surface area (Å²) in [6, 6.07) is 0. The van der Waals surface area contributed by atoms with Gasteiger partial charge in [0.2, 0.25) is 0 Å². The van der Waals surface area contributed by atoms with E-state index in [1.165, 1.54) is 21.3 Å². The highest BCUT2D eigenvalue weighted by Crippen LogP contribution is 2.11. The number of allylic oxidation sites excluding steroid dienone is 1. The summed E-state index contributed by atoms with van der Waals surface area (Å²) in [5.74, 6) is -0.467. The largest absolute Gasteiger partial charge is 0.751 e. The van der Waals surface area contributed by atoms with Crippen molar-refractivity contribution in [3.05, 3.63) is 11.6 Å². The summed E-state index contributed by atoms with van der Waals surface area (Å²) in [6.45, 7) is 3.73. The van der Waals surface area contributed by atoms with Gasteiger partial charge in [-0.25, -0.2) is 4.79 Å². The molecule has 0 rings (SSSR count).